The van der Waals surface area contributed by atoms with Crippen LogP contribution in [-0.2, 0) is 6.54 Å². The van der Waals surface area contributed by atoms with Gasteiger partial charge in [0, 0.05) is 10.9 Å². The van der Waals surface area contributed by atoms with Gasteiger partial charge in [0.05, 0.1) is 19.1 Å². The number of rotatable bonds is 4. The van der Waals surface area contributed by atoms with Crippen LogP contribution in [0.1, 0.15) is 23.4 Å². The van der Waals surface area contributed by atoms with Crippen LogP contribution in [0.15, 0.2) is 47.8 Å². The molecule has 0 spiro atoms. The molecule has 1 aromatic heterocycles. The van der Waals surface area contributed by atoms with Crippen molar-refractivity contribution in [3.8, 4) is 0 Å². The van der Waals surface area contributed by atoms with Crippen molar-refractivity contribution in [2.45, 2.75) is 19.5 Å². The molecule has 3 rings (SSSR count). The maximum Gasteiger partial charge on any atom is 0.139 e. The molecule has 1 atom stereocenters. The predicted molar refractivity (Wildman–Crippen MR) is 96.5 cm³/mol. The van der Waals surface area contributed by atoms with Crippen LogP contribution in [0, 0.1) is 0 Å². The number of benzene rings is 1. The van der Waals surface area contributed by atoms with Crippen LogP contribution < -0.4 is 0 Å². The highest BCUT2D eigenvalue weighted by Gasteiger charge is 2.26. The highest BCUT2D eigenvalue weighted by Crippen LogP contribution is 2.29. The molecule has 1 saturated heterocycles. The minimum atomic E-state index is 0.410. The SMILES string of the molecule is CC(c1ccccc1)N1CSC(=S)N(Cc2cccs2)C1. The summed E-state index contributed by atoms with van der Waals surface area (Å²) in [5, 5.41) is 2.12. The largest absolute Gasteiger partial charge is 0.339 e. The van der Waals surface area contributed by atoms with E-state index in [1.807, 2.05) is 0 Å². The van der Waals surface area contributed by atoms with Crippen molar-refractivity contribution < 1.29 is 0 Å². The van der Waals surface area contributed by atoms with E-state index in [2.05, 4.69) is 64.6 Å². The molecule has 0 bridgehead atoms. The van der Waals surface area contributed by atoms with Gasteiger partial charge in [0.25, 0.3) is 0 Å². The lowest BCUT2D eigenvalue weighted by atomic mass is 10.1. The molecular weight excluding hydrogens is 316 g/mol. The van der Waals surface area contributed by atoms with E-state index in [4.69, 9.17) is 12.2 Å². The molecule has 0 saturated carbocycles. The quantitative estimate of drug-likeness (QED) is 0.756. The third-order valence-electron chi connectivity index (χ3n) is 3.72. The molecular formula is C16H18N2S3. The first-order chi connectivity index (χ1) is 10.2. The van der Waals surface area contributed by atoms with Gasteiger partial charge in [-0.25, -0.2) is 0 Å². The summed E-state index contributed by atoms with van der Waals surface area (Å²) in [7, 11) is 0. The topological polar surface area (TPSA) is 6.48 Å². The summed E-state index contributed by atoms with van der Waals surface area (Å²) < 4.78 is 1.01. The lowest BCUT2D eigenvalue weighted by molar-refractivity contribution is 0.163. The van der Waals surface area contributed by atoms with Gasteiger partial charge in [-0.15, -0.1) is 11.3 Å². The maximum atomic E-state index is 5.52. The summed E-state index contributed by atoms with van der Waals surface area (Å²) in [5.41, 5.74) is 1.36. The Kier molecular flexibility index (Phi) is 4.95. The van der Waals surface area contributed by atoms with Crippen molar-refractivity contribution in [2.75, 3.05) is 12.5 Å². The van der Waals surface area contributed by atoms with E-state index in [9.17, 15) is 0 Å². The van der Waals surface area contributed by atoms with E-state index < -0.39 is 0 Å². The fraction of sp³-hybridized carbons (Fsp3) is 0.312. The zero-order chi connectivity index (χ0) is 14.7. The summed E-state index contributed by atoms with van der Waals surface area (Å²) in [5.74, 6) is 0.968. The smallest absolute Gasteiger partial charge is 0.139 e. The van der Waals surface area contributed by atoms with Crippen molar-refractivity contribution >= 4 is 39.6 Å². The first kappa shape index (κ1) is 15.0. The Morgan fingerprint density at radius 2 is 2.00 bits per heavy atom. The second kappa shape index (κ2) is 6.92. The Bertz CT molecular complexity index is 583. The Labute approximate surface area is 139 Å². The average molecular weight is 335 g/mol. The Hall–Kier alpha value is -0.880. The number of hydrogen-bond acceptors (Lipinski definition) is 4. The molecule has 21 heavy (non-hydrogen) atoms. The monoisotopic (exact) mass is 334 g/mol. The van der Waals surface area contributed by atoms with Crippen LogP contribution in [0.4, 0.5) is 0 Å². The highest BCUT2D eigenvalue weighted by molar-refractivity contribution is 8.22. The van der Waals surface area contributed by atoms with Gasteiger partial charge in [-0.2, -0.15) is 0 Å². The third kappa shape index (κ3) is 3.66. The van der Waals surface area contributed by atoms with Gasteiger partial charge in [-0.3, -0.25) is 4.90 Å². The van der Waals surface area contributed by atoms with E-state index in [-0.39, 0.29) is 0 Å². The number of thiocarbonyl (C=S) groups is 1. The summed E-state index contributed by atoms with van der Waals surface area (Å²) >= 11 is 9.09. The third-order valence-corrected chi connectivity index (χ3v) is 6.16. The van der Waals surface area contributed by atoms with E-state index >= 15 is 0 Å². The maximum absolute atomic E-state index is 5.52. The second-order valence-corrected chi connectivity index (χ2v) is 7.74. The molecule has 5 heteroatoms. The normalized spacial score (nSPS) is 18.0. The molecule has 0 N–H and O–H groups in total. The number of thiophene rings is 1. The van der Waals surface area contributed by atoms with Crippen molar-refractivity contribution in [3.05, 3.63) is 58.3 Å². The van der Waals surface area contributed by atoms with E-state index in [1.54, 1.807) is 23.1 Å². The molecule has 2 nitrogen and oxygen atoms in total. The molecule has 0 aliphatic carbocycles. The van der Waals surface area contributed by atoms with E-state index in [0.717, 1.165) is 23.4 Å². The Morgan fingerprint density at radius 1 is 1.19 bits per heavy atom. The summed E-state index contributed by atoms with van der Waals surface area (Å²) in [6.45, 7) is 4.09. The van der Waals surface area contributed by atoms with Gasteiger partial charge in [0.1, 0.15) is 4.32 Å². The zero-order valence-electron chi connectivity index (χ0n) is 11.9. The fourth-order valence-corrected chi connectivity index (χ4v) is 4.32. The molecule has 110 valence electrons. The molecule has 2 aromatic rings. The lowest BCUT2D eigenvalue weighted by Gasteiger charge is -2.39. The summed E-state index contributed by atoms with van der Waals surface area (Å²) in [6.07, 6.45) is 0. The first-order valence-corrected chi connectivity index (χ1v) is 9.24. The van der Waals surface area contributed by atoms with E-state index in [1.165, 1.54) is 10.4 Å². The lowest BCUT2D eigenvalue weighted by Crippen LogP contribution is -2.45. The van der Waals surface area contributed by atoms with E-state index in [0.29, 0.717) is 6.04 Å². The van der Waals surface area contributed by atoms with Crippen molar-refractivity contribution in [1.29, 1.82) is 0 Å². The average Bonchev–Trinajstić information content (AvgIpc) is 3.03. The number of hydrogen-bond donors (Lipinski definition) is 0. The van der Waals surface area contributed by atoms with Crippen molar-refractivity contribution in [3.63, 3.8) is 0 Å². The van der Waals surface area contributed by atoms with Crippen LogP contribution in [0.2, 0.25) is 0 Å². The van der Waals surface area contributed by atoms with Gasteiger partial charge >= 0.3 is 0 Å². The minimum absolute atomic E-state index is 0.410. The minimum Gasteiger partial charge on any atom is -0.339 e. The standard InChI is InChI=1S/C16H18N2S3/c1-13(14-6-3-2-4-7-14)18-11-17(16(19)21-12-18)10-15-8-5-9-20-15/h2-9,13H,10-12H2,1H3. The van der Waals surface area contributed by atoms with Crippen LogP contribution in [0.5, 0.6) is 0 Å². The Morgan fingerprint density at radius 3 is 2.71 bits per heavy atom. The highest BCUT2D eigenvalue weighted by atomic mass is 32.2. The van der Waals surface area contributed by atoms with Crippen LogP contribution in [-0.4, -0.2) is 26.7 Å². The Balaban J connectivity index is 1.69. The van der Waals surface area contributed by atoms with Gasteiger partial charge < -0.3 is 4.90 Å². The predicted octanol–water partition coefficient (Wildman–Crippen LogP) is 4.56. The zero-order valence-corrected chi connectivity index (χ0v) is 14.4. The van der Waals surface area contributed by atoms with Crippen LogP contribution >= 0.6 is 35.3 Å². The molecule has 1 aliphatic heterocycles. The van der Waals surface area contributed by atoms with Gasteiger partial charge in [0.15, 0.2) is 0 Å². The van der Waals surface area contributed by atoms with Crippen molar-refractivity contribution in [2.24, 2.45) is 0 Å². The first-order valence-electron chi connectivity index (χ1n) is 6.97. The van der Waals surface area contributed by atoms with Gasteiger partial charge in [-0.1, -0.05) is 60.4 Å². The molecule has 1 fully saturated rings. The molecule has 0 amide bonds. The fourth-order valence-electron chi connectivity index (χ4n) is 2.43. The van der Waals surface area contributed by atoms with Gasteiger partial charge in [-0.05, 0) is 23.9 Å². The molecule has 0 radical (unpaired) electrons. The molecule has 1 aromatic carbocycles. The van der Waals surface area contributed by atoms with Gasteiger partial charge in [0.2, 0.25) is 0 Å². The number of nitrogens with zero attached hydrogens (tertiary/aromatic N) is 2. The molecule has 1 unspecified atom stereocenters. The van der Waals surface area contributed by atoms with Crippen molar-refractivity contribution in [1.82, 2.24) is 9.80 Å². The van der Waals surface area contributed by atoms with Crippen LogP contribution in [0.25, 0.3) is 0 Å². The van der Waals surface area contributed by atoms with Crippen LogP contribution in [0.3, 0.4) is 0 Å². The number of thioether (sulfide) groups is 1. The molecule has 2 heterocycles. The molecule has 1 aliphatic rings. The summed E-state index contributed by atoms with van der Waals surface area (Å²) in [4.78, 5) is 6.14. The summed E-state index contributed by atoms with van der Waals surface area (Å²) in [6, 6.07) is 15.4. The second-order valence-electron chi connectivity index (χ2n) is 5.13.